The molecule has 4 aromatic rings. The number of rotatable bonds is 5. The summed E-state index contributed by atoms with van der Waals surface area (Å²) in [5.74, 6) is -1.66. The normalized spacial score (nSPS) is 10.8. The Labute approximate surface area is 183 Å². The van der Waals surface area contributed by atoms with Crippen molar-refractivity contribution in [1.29, 1.82) is 0 Å². The molecule has 0 aliphatic rings. The number of carbonyl (C=O) groups is 1. The molecule has 0 bridgehead atoms. The van der Waals surface area contributed by atoms with Gasteiger partial charge in [-0.15, -0.1) is 0 Å². The Hall–Kier alpha value is -3.44. The summed E-state index contributed by atoms with van der Waals surface area (Å²) in [7, 11) is 0. The van der Waals surface area contributed by atoms with Crippen molar-refractivity contribution >= 4 is 17.5 Å². The highest BCUT2D eigenvalue weighted by molar-refractivity contribution is 6.30. The smallest absolute Gasteiger partial charge is 0.253 e. The van der Waals surface area contributed by atoms with E-state index < -0.39 is 11.6 Å². The Morgan fingerprint density at radius 1 is 0.968 bits per heavy atom. The molecule has 1 heterocycles. The van der Waals surface area contributed by atoms with Gasteiger partial charge in [0.1, 0.15) is 11.6 Å². The zero-order valence-corrected chi connectivity index (χ0v) is 17.5. The lowest BCUT2D eigenvalue weighted by Gasteiger charge is -2.13. The van der Waals surface area contributed by atoms with E-state index in [-0.39, 0.29) is 11.6 Å². The minimum absolute atomic E-state index is 0.158. The highest BCUT2D eigenvalue weighted by Crippen LogP contribution is 2.31. The van der Waals surface area contributed by atoms with Crippen LogP contribution < -0.4 is 5.32 Å². The van der Waals surface area contributed by atoms with Gasteiger partial charge < -0.3 is 9.88 Å². The topological polar surface area (TPSA) is 34.0 Å². The molecule has 1 aromatic heterocycles. The molecule has 0 radical (unpaired) electrons. The molecule has 6 heteroatoms. The predicted octanol–water partition coefficient (Wildman–Crippen LogP) is 6.31. The molecule has 31 heavy (non-hydrogen) atoms. The predicted molar refractivity (Wildman–Crippen MR) is 118 cm³/mol. The lowest BCUT2D eigenvalue weighted by atomic mass is 10.1. The molecule has 0 aliphatic heterocycles. The van der Waals surface area contributed by atoms with Crippen LogP contribution in [0.2, 0.25) is 5.02 Å². The minimum Gasteiger partial charge on any atom is -0.348 e. The number of nitrogens with zero attached hydrogens (tertiary/aromatic N) is 1. The van der Waals surface area contributed by atoms with Gasteiger partial charge in [0.15, 0.2) is 0 Å². The first kappa shape index (κ1) is 20.8. The number of hydrogen-bond acceptors (Lipinski definition) is 1. The van der Waals surface area contributed by atoms with Crippen molar-refractivity contribution in [2.24, 2.45) is 0 Å². The summed E-state index contributed by atoms with van der Waals surface area (Å²) < 4.78 is 29.8. The van der Waals surface area contributed by atoms with Crippen molar-refractivity contribution in [3.05, 3.63) is 112 Å². The van der Waals surface area contributed by atoms with Gasteiger partial charge in [-0.25, -0.2) is 8.78 Å². The third-order valence-corrected chi connectivity index (χ3v) is 5.33. The van der Waals surface area contributed by atoms with Crippen molar-refractivity contribution in [1.82, 2.24) is 9.88 Å². The van der Waals surface area contributed by atoms with Crippen molar-refractivity contribution in [3.8, 4) is 16.9 Å². The molecule has 156 valence electrons. The Balaban J connectivity index is 1.78. The molecule has 3 nitrogen and oxygen atoms in total. The quantitative estimate of drug-likeness (QED) is 0.390. The van der Waals surface area contributed by atoms with E-state index in [0.717, 1.165) is 17.2 Å². The zero-order chi connectivity index (χ0) is 22.0. The largest absolute Gasteiger partial charge is 0.348 e. The maximum atomic E-state index is 14.7. The van der Waals surface area contributed by atoms with Crippen molar-refractivity contribution in [2.45, 2.75) is 13.5 Å². The van der Waals surface area contributed by atoms with E-state index in [1.54, 1.807) is 41.8 Å². The monoisotopic (exact) mass is 436 g/mol. The van der Waals surface area contributed by atoms with E-state index in [9.17, 15) is 13.6 Å². The van der Waals surface area contributed by atoms with E-state index in [0.29, 0.717) is 28.5 Å². The SMILES string of the molecule is Cc1c(C(=O)NCc2ccccc2)cc(-c2ccc(Cl)cc2)n1-c1ccc(F)cc1F. The van der Waals surface area contributed by atoms with Gasteiger partial charge in [-0.05, 0) is 48.4 Å². The van der Waals surface area contributed by atoms with Gasteiger partial charge in [-0.1, -0.05) is 54.1 Å². The van der Waals surface area contributed by atoms with E-state index in [1.165, 1.54) is 12.1 Å². The maximum Gasteiger partial charge on any atom is 0.253 e. The summed E-state index contributed by atoms with van der Waals surface area (Å²) in [5.41, 5.74) is 3.43. The summed E-state index contributed by atoms with van der Waals surface area (Å²) in [5, 5.41) is 3.47. The van der Waals surface area contributed by atoms with Crippen LogP contribution in [-0.2, 0) is 6.54 Å². The molecule has 0 spiro atoms. The molecule has 1 N–H and O–H groups in total. The number of carbonyl (C=O) groups excluding carboxylic acids is 1. The summed E-state index contributed by atoms with van der Waals surface area (Å²) in [6.45, 7) is 2.10. The number of aromatic nitrogens is 1. The van der Waals surface area contributed by atoms with Crippen LogP contribution in [0.5, 0.6) is 0 Å². The van der Waals surface area contributed by atoms with Gasteiger partial charge in [0.2, 0.25) is 0 Å². The standard InChI is InChI=1S/C25H19ClF2N2O/c1-16-21(25(31)29-15-17-5-3-2-4-6-17)14-24(18-7-9-19(26)10-8-18)30(16)23-12-11-20(27)13-22(23)28/h2-14H,15H2,1H3,(H,29,31). The third-order valence-electron chi connectivity index (χ3n) is 5.08. The molecule has 3 aromatic carbocycles. The number of amides is 1. The van der Waals surface area contributed by atoms with Crippen LogP contribution >= 0.6 is 11.6 Å². The van der Waals surface area contributed by atoms with Crippen LogP contribution in [0.4, 0.5) is 8.78 Å². The average Bonchev–Trinajstić information content (AvgIpc) is 3.10. The summed E-state index contributed by atoms with van der Waals surface area (Å²) >= 11 is 6.01. The summed E-state index contributed by atoms with van der Waals surface area (Å²) in [4.78, 5) is 13.0. The number of hydrogen-bond donors (Lipinski definition) is 1. The second-order valence-electron chi connectivity index (χ2n) is 7.13. The molecule has 0 unspecified atom stereocenters. The highest BCUT2D eigenvalue weighted by Gasteiger charge is 2.21. The number of benzene rings is 3. The zero-order valence-electron chi connectivity index (χ0n) is 16.7. The minimum atomic E-state index is -0.717. The Morgan fingerprint density at radius 3 is 2.35 bits per heavy atom. The molecule has 0 saturated carbocycles. The van der Waals surface area contributed by atoms with Crippen LogP contribution in [0.3, 0.4) is 0 Å². The second-order valence-corrected chi connectivity index (χ2v) is 7.57. The van der Waals surface area contributed by atoms with E-state index >= 15 is 0 Å². The van der Waals surface area contributed by atoms with Crippen LogP contribution in [0.25, 0.3) is 16.9 Å². The van der Waals surface area contributed by atoms with E-state index in [4.69, 9.17) is 11.6 Å². The third kappa shape index (κ3) is 4.37. The summed E-state index contributed by atoms with van der Waals surface area (Å²) in [6.07, 6.45) is 0. The molecule has 4 rings (SSSR count). The van der Waals surface area contributed by atoms with Gasteiger partial charge >= 0.3 is 0 Å². The first-order valence-electron chi connectivity index (χ1n) is 9.70. The molecule has 0 saturated heterocycles. The van der Waals surface area contributed by atoms with E-state index in [2.05, 4.69) is 5.32 Å². The van der Waals surface area contributed by atoms with Crippen LogP contribution in [0.1, 0.15) is 21.6 Å². The Morgan fingerprint density at radius 2 is 1.68 bits per heavy atom. The maximum absolute atomic E-state index is 14.7. The van der Waals surface area contributed by atoms with Gasteiger partial charge in [0.05, 0.1) is 16.9 Å². The molecule has 0 atom stereocenters. The fraction of sp³-hybridized carbons (Fsp3) is 0.0800. The van der Waals surface area contributed by atoms with Crippen LogP contribution in [0.15, 0.2) is 78.9 Å². The van der Waals surface area contributed by atoms with Gasteiger partial charge in [-0.3, -0.25) is 4.79 Å². The van der Waals surface area contributed by atoms with Gasteiger partial charge in [0, 0.05) is 23.3 Å². The molecule has 0 fully saturated rings. The number of halogens is 3. The fourth-order valence-corrected chi connectivity index (χ4v) is 3.64. The lowest BCUT2D eigenvalue weighted by molar-refractivity contribution is 0.0950. The Kier molecular flexibility index (Phi) is 5.87. The molecular weight excluding hydrogens is 418 g/mol. The van der Waals surface area contributed by atoms with Gasteiger partial charge in [0.25, 0.3) is 5.91 Å². The average molecular weight is 437 g/mol. The Bertz CT molecular complexity index is 1230. The molecular formula is C25H19ClF2N2O. The van der Waals surface area contributed by atoms with Crippen molar-refractivity contribution in [2.75, 3.05) is 0 Å². The van der Waals surface area contributed by atoms with Crippen LogP contribution in [0, 0.1) is 18.6 Å². The first-order valence-corrected chi connectivity index (χ1v) is 10.1. The van der Waals surface area contributed by atoms with Crippen molar-refractivity contribution < 1.29 is 13.6 Å². The lowest BCUT2D eigenvalue weighted by Crippen LogP contribution is -2.23. The highest BCUT2D eigenvalue weighted by atomic mass is 35.5. The number of nitrogens with one attached hydrogen (secondary N) is 1. The van der Waals surface area contributed by atoms with Crippen LogP contribution in [-0.4, -0.2) is 10.5 Å². The van der Waals surface area contributed by atoms with Gasteiger partial charge in [-0.2, -0.15) is 0 Å². The van der Waals surface area contributed by atoms with Crippen molar-refractivity contribution in [3.63, 3.8) is 0 Å². The fourth-order valence-electron chi connectivity index (χ4n) is 3.52. The summed E-state index contributed by atoms with van der Waals surface area (Å²) in [6, 6.07) is 21.7. The van der Waals surface area contributed by atoms with E-state index in [1.807, 2.05) is 30.3 Å². The molecule has 0 aliphatic carbocycles. The molecule has 1 amide bonds. The first-order chi connectivity index (χ1) is 14.9. The second kappa shape index (κ2) is 8.74.